The van der Waals surface area contributed by atoms with E-state index in [0.29, 0.717) is 10.8 Å². The number of nitrogens with one attached hydrogen (secondary N) is 1. The predicted octanol–water partition coefficient (Wildman–Crippen LogP) is 22.2. The average molecular weight is 1200 g/mol. The van der Waals surface area contributed by atoms with Crippen LogP contribution in [0.4, 0.5) is 11.4 Å². The van der Waals surface area contributed by atoms with Gasteiger partial charge in [-0.15, -0.1) is 0 Å². The van der Waals surface area contributed by atoms with Gasteiger partial charge in [-0.3, -0.25) is 0 Å². The van der Waals surface area contributed by atoms with Crippen molar-refractivity contribution in [3.63, 3.8) is 0 Å². The maximum atomic E-state index is 6.27. The molecule has 0 radical (unpaired) electrons. The van der Waals surface area contributed by atoms with E-state index in [1.807, 2.05) is 54.6 Å². The lowest BCUT2D eigenvalue weighted by atomic mass is 9.48. The van der Waals surface area contributed by atoms with Gasteiger partial charge in [-0.05, 0) is 264 Å². The van der Waals surface area contributed by atoms with E-state index < -0.39 is 0 Å². The van der Waals surface area contributed by atoms with Crippen molar-refractivity contribution < 1.29 is 0 Å². The molecule has 8 aliphatic carbocycles. The average Bonchev–Trinajstić information content (AvgIpc) is 3.52. The molecule has 9 aromatic rings. The van der Waals surface area contributed by atoms with E-state index in [1.165, 1.54) is 131 Å². The molecule has 0 amide bonds. The fourth-order valence-corrected chi connectivity index (χ4v) is 16.7. The summed E-state index contributed by atoms with van der Waals surface area (Å²) in [7, 11) is 0. The molecule has 1 N–H and O–H groups in total. The fourth-order valence-electron chi connectivity index (χ4n) is 16.1. The van der Waals surface area contributed by atoms with Gasteiger partial charge in [0.1, 0.15) is 0 Å². The lowest BCUT2D eigenvalue weighted by Gasteiger charge is -2.57. The number of halogens is 3. The summed E-state index contributed by atoms with van der Waals surface area (Å²) in [5, 5.41) is 5.17. The van der Waals surface area contributed by atoms with Gasteiger partial charge in [0.05, 0.1) is 0 Å². The molecular weight excluding hydrogens is 1120 g/mol. The molecule has 0 aromatic heterocycles. The molecule has 8 aliphatic rings. The van der Waals surface area contributed by atoms with Crippen LogP contribution in [0.1, 0.15) is 116 Å². The van der Waals surface area contributed by atoms with Crippen LogP contribution in [0.3, 0.4) is 0 Å². The number of hydrogen-bond donors (Lipinski definition) is 1. The summed E-state index contributed by atoms with van der Waals surface area (Å²) < 4.78 is 1.21. The zero-order chi connectivity index (χ0) is 54.5. The van der Waals surface area contributed by atoms with Crippen molar-refractivity contribution in [3.8, 4) is 22.3 Å². The largest absolute Gasteiger partial charge is 0.356 e. The van der Waals surface area contributed by atoms with Crippen molar-refractivity contribution in [2.75, 3.05) is 5.32 Å². The van der Waals surface area contributed by atoms with Crippen molar-refractivity contribution in [2.45, 2.75) is 101 Å². The third-order valence-electron chi connectivity index (χ3n) is 19.0. The van der Waals surface area contributed by atoms with Gasteiger partial charge < -0.3 is 5.32 Å². The van der Waals surface area contributed by atoms with Gasteiger partial charge in [-0.2, -0.15) is 0 Å². The van der Waals surface area contributed by atoms with Gasteiger partial charge in [0.25, 0.3) is 0 Å². The van der Waals surface area contributed by atoms with Crippen LogP contribution < -0.4 is 5.32 Å². The standard InChI is InChI=1S/C35H33Cl.C28H29N.C7H8.C6H4ClI/c36-33-16-12-31(13-17-33)34(29-8-6-28(7-9-29)27-4-2-1-3-5-27)30-10-14-32(15-11-30)35-21-24-18-25(22-35)20-26(19-24)23-35;1-2-4-23(5-3-1)24-6-10-26(11-7-24)29-27-12-8-25(9-13-27)28-17-20-14-21(18-28)16-22(15-20)19-28;1-7-5-3-2-4-6-7;7-5-1-3-6(8)4-2-5/h1-17,24-26,34H,18-23H2;1-13,20-22,29H,14-19H2;2-6H,1H3;1-4H. The number of aryl methyl sites for hydroxylation is 1. The Hall–Kier alpha value is -5.91. The molecular formula is C76H74Cl2IN. The maximum Gasteiger partial charge on any atom is 0.0406 e. The van der Waals surface area contributed by atoms with Crippen LogP contribution in [0, 0.1) is 46.0 Å². The summed E-state index contributed by atoms with van der Waals surface area (Å²) in [6.07, 6.45) is 17.6. The van der Waals surface area contributed by atoms with Crippen LogP contribution in [-0.2, 0) is 10.8 Å². The van der Waals surface area contributed by atoms with Crippen molar-refractivity contribution in [1.29, 1.82) is 0 Å². The van der Waals surface area contributed by atoms with Crippen LogP contribution in [0.2, 0.25) is 10.0 Å². The first-order chi connectivity index (χ1) is 39.1. The zero-order valence-corrected chi connectivity index (χ0v) is 49.8. The summed E-state index contributed by atoms with van der Waals surface area (Å²) in [4.78, 5) is 0. The second kappa shape index (κ2) is 24.7. The Balaban J connectivity index is 0.000000128. The van der Waals surface area contributed by atoms with Crippen LogP contribution >= 0.6 is 45.8 Å². The summed E-state index contributed by atoms with van der Waals surface area (Å²) in [5.74, 6) is 6.12. The molecule has 4 heteroatoms. The Bertz CT molecular complexity index is 3300. The molecule has 0 saturated heterocycles. The molecule has 0 spiro atoms. The maximum absolute atomic E-state index is 6.27. The smallest absolute Gasteiger partial charge is 0.0406 e. The van der Waals surface area contributed by atoms with Crippen LogP contribution in [-0.4, -0.2) is 0 Å². The zero-order valence-electron chi connectivity index (χ0n) is 46.2. The van der Waals surface area contributed by atoms with Gasteiger partial charge in [-0.25, -0.2) is 0 Å². The normalized spacial score (nSPS) is 24.7. The summed E-state index contributed by atoms with van der Waals surface area (Å²) >= 11 is 14.1. The highest BCUT2D eigenvalue weighted by Gasteiger charge is 2.52. The number of anilines is 2. The highest BCUT2D eigenvalue weighted by molar-refractivity contribution is 14.1. The highest BCUT2D eigenvalue weighted by atomic mass is 127. The fraction of sp³-hybridized carbons (Fsp3) is 0.289. The molecule has 404 valence electrons. The molecule has 1 unspecified atom stereocenters. The van der Waals surface area contributed by atoms with Gasteiger partial charge in [0.2, 0.25) is 0 Å². The molecule has 17 rings (SSSR count). The van der Waals surface area contributed by atoms with Crippen molar-refractivity contribution in [3.05, 3.63) is 284 Å². The monoisotopic (exact) mass is 1200 g/mol. The summed E-state index contributed by atoms with van der Waals surface area (Å²) in [6, 6.07) is 84.6. The Morgan fingerprint density at radius 1 is 0.350 bits per heavy atom. The van der Waals surface area contributed by atoms with Crippen LogP contribution in [0.25, 0.3) is 22.3 Å². The first kappa shape index (κ1) is 54.7. The lowest BCUT2D eigenvalue weighted by Crippen LogP contribution is -2.48. The van der Waals surface area contributed by atoms with E-state index in [2.05, 4.69) is 217 Å². The van der Waals surface area contributed by atoms with E-state index in [-0.39, 0.29) is 5.92 Å². The molecule has 1 nitrogen and oxygen atoms in total. The Kier molecular flexibility index (Phi) is 16.9. The van der Waals surface area contributed by atoms with Gasteiger partial charge in [0.15, 0.2) is 0 Å². The predicted molar refractivity (Wildman–Crippen MR) is 347 cm³/mol. The SMILES string of the molecule is Cc1ccccc1.Clc1ccc(C(c2ccc(-c3ccccc3)cc2)c2ccc(C34CC5CC(CC(C5)C3)C4)cc2)cc1.Clc1ccc(I)cc1.c1ccc(-c2ccc(Nc3ccc(C45CC6CC(CC(C6)C4)C5)cc3)cc2)cc1. The molecule has 8 saturated carbocycles. The van der Waals surface area contributed by atoms with Crippen molar-refractivity contribution in [2.24, 2.45) is 35.5 Å². The highest BCUT2D eigenvalue weighted by Crippen LogP contribution is 2.62. The third kappa shape index (κ3) is 12.9. The van der Waals surface area contributed by atoms with E-state index >= 15 is 0 Å². The van der Waals surface area contributed by atoms with Crippen molar-refractivity contribution >= 4 is 57.2 Å². The molecule has 1 atom stereocenters. The quantitative estimate of drug-likeness (QED) is 0.112. The molecule has 80 heavy (non-hydrogen) atoms. The number of rotatable bonds is 9. The van der Waals surface area contributed by atoms with E-state index in [4.69, 9.17) is 23.2 Å². The molecule has 9 aromatic carbocycles. The summed E-state index contributed by atoms with van der Waals surface area (Å²) in [6.45, 7) is 2.08. The van der Waals surface area contributed by atoms with E-state index in [1.54, 1.807) is 11.1 Å². The second-order valence-electron chi connectivity index (χ2n) is 24.7. The van der Waals surface area contributed by atoms with E-state index in [9.17, 15) is 0 Å². The van der Waals surface area contributed by atoms with Crippen molar-refractivity contribution in [1.82, 2.24) is 0 Å². The van der Waals surface area contributed by atoms with E-state index in [0.717, 1.165) is 51.2 Å². The minimum absolute atomic E-state index is 0.192. The van der Waals surface area contributed by atoms with Gasteiger partial charge in [0, 0.05) is 30.9 Å². The molecule has 8 bridgehead atoms. The topological polar surface area (TPSA) is 12.0 Å². The Morgan fingerprint density at radius 3 is 0.988 bits per heavy atom. The van der Waals surface area contributed by atoms with Gasteiger partial charge in [-0.1, -0.05) is 205 Å². The number of benzene rings is 9. The lowest BCUT2D eigenvalue weighted by molar-refractivity contribution is -0.00531. The van der Waals surface area contributed by atoms with Crippen LogP contribution in [0.5, 0.6) is 0 Å². The Labute approximate surface area is 500 Å². The molecule has 0 aliphatic heterocycles. The second-order valence-corrected chi connectivity index (χ2v) is 26.8. The minimum atomic E-state index is 0.192. The van der Waals surface area contributed by atoms with Crippen LogP contribution in [0.15, 0.2) is 237 Å². The summed E-state index contributed by atoms with van der Waals surface area (Å²) in [5.41, 5.74) is 16.8. The number of hydrogen-bond acceptors (Lipinski definition) is 1. The van der Waals surface area contributed by atoms with Gasteiger partial charge >= 0.3 is 0 Å². The Morgan fingerprint density at radius 2 is 0.637 bits per heavy atom. The first-order valence-electron chi connectivity index (χ1n) is 29.6. The molecule has 0 heterocycles. The minimum Gasteiger partial charge on any atom is -0.356 e. The molecule has 8 fully saturated rings. The first-order valence-corrected chi connectivity index (χ1v) is 31.4. The third-order valence-corrected chi connectivity index (χ3v) is 20.2.